The highest BCUT2D eigenvalue weighted by Crippen LogP contribution is 2.40. The first-order chi connectivity index (χ1) is 16.6. The normalized spacial score (nSPS) is 23.3. The Morgan fingerprint density at radius 2 is 1.11 bits per heavy atom. The number of alkyl halides is 2. The maximum Gasteiger partial charge on any atom is 0.284 e. The van der Waals surface area contributed by atoms with Crippen LogP contribution < -0.4 is 0 Å². The van der Waals surface area contributed by atoms with E-state index in [4.69, 9.17) is 23.2 Å². The third-order valence-corrected chi connectivity index (χ3v) is 7.76. The molecule has 0 amide bonds. The van der Waals surface area contributed by atoms with E-state index in [1.165, 1.54) is 0 Å². The number of rotatable bonds is 2. The molecule has 0 aromatic heterocycles. The fraction of sp³-hybridized carbons (Fsp3) is 0.200. The summed E-state index contributed by atoms with van der Waals surface area (Å²) in [5.74, 6) is 5.58. The van der Waals surface area contributed by atoms with Gasteiger partial charge < -0.3 is 0 Å². The number of allylic oxidation sites excluding steroid dienone is 8. The molecule has 0 saturated carbocycles. The molecule has 35 heavy (non-hydrogen) atoms. The molecule has 176 valence electrons. The second-order valence-electron chi connectivity index (χ2n) is 8.74. The lowest BCUT2D eigenvalue weighted by Gasteiger charge is -2.26. The molecule has 2 atom stereocenters. The Labute approximate surface area is 218 Å². The second kappa shape index (κ2) is 9.96. The highest BCUT2D eigenvalue weighted by Gasteiger charge is 2.30. The average Bonchev–Trinajstić information content (AvgIpc) is 2.86. The topological polar surface area (TPSA) is 34.1 Å². The first kappa shape index (κ1) is 25.2. The van der Waals surface area contributed by atoms with Crippen molar-refractivity contribution in [2.45, 2.75) is 36.4 Å². The Morgan fingerprint density at radius 3 is 1.49 bits per heavy atom. The van der Waals surface area contributed by atoms with Gasteiger partial charge in [-0.1, -0.05) is 84.0 Å². The van der Waals surface area contributed by atoms with E-state index in [1.54, 1.807) is 12.1 Å². The lowest BCUT2D eigenvalue weighted by Crippen LogP contribution is -2.18. The third-order valence-electron chi connectivity index (χ3n) is 6.05. The minimum absolute atomic E-state index is 0.556. The molecule has 0 radical (unpaired) electrons. The van der Waals surface area contributed by atoms with Crippen LogP contribution in [-0.4, -0.2) is 8.42 Å². The largest absolute Gasteiger partial charge is 0.284 e. The summed E-state index contributed by atoms with van der Waals surface area (Å²) in [6, 6.07) is 14.6. The van der Waals surface area contributed by atoms with E-state index in [0.717, 1.165) is 22.3 Å². The Balaban J connectivity index is 1.65. The summed E-state index contributed by atoms with van der Waals surface area (Å²) in [6.07, 6.45) is 13.1. The van der Waals surface area contributed by atoms with Crippen LogP contribution in [0.5, 0.6) is 0 Å². The molecule has 0 aliphatic heterocycles. The van der Waals surface area contributed by atoms with E-state index in [-0.39, 0.29) is 0 Å². The lowest BCUT2D eigenvalue weighted by molar-refractivity contribution is 0.615. The number of sulfone groups is 1. The van der Waals surface area contributed by atoms with Gasteiger partial charge in [0.15, 0.2) is 0 Å². The van der Waals surface area contributed by atoms with Crippen molar-refractivity contribution in [3.63, 3.8) is 0 Å². The van der Waals surface area contributed by atoms with Crippen LogP contribution >= 0.6 is 23.2 Å². The molecule has 0 fully saturated rings. The van der Waals surface area contributed by atoms with Crippen molar-refractivity contribution in [2.75, 3.05) is 0 Å². The first-order valence-electron chi connectivity index (χ1n) is 11.2. The predicted molar refractivity (Wildman–Crippen MR) is 146 cm³/mol. The summed E-state index contributed by atoms with van der Waals surface area (Å²) in [5, 5.41) is 4.72. The molecular formula is C30H24Cl2O2S. The molecule has 0 saturated heterocycles. The molecule has 2 aliphatic rings. The van der Waals surface area contributed by atoms with Crippen molar-refractivity contribution in [3.05, 3.63) is 118 Å². The highest BCUT2D eigenvalue weighted by molar-refractivity contribution is 8.00. The quantitative estimate of drug-likeness (QED) is 0.313. The summed E-state index contributed by atoms with van der Waals surface area (Å²) in [7, 11) is -4.00. The first-order valence-corrected chi connectivity index (χ1v) is 13.4. The van der Waals surface area contributed by atoms with Crippen molar-refractivity contribution in [3.8, 4) is 22.3 Å². The number of benzene rings is 2. The number of hydrogen-bond donors (Lipinski definition) is 0. The molecule has 0 N–H and O–H groups in total. The van der Waals surface area contributed by atoms with Crippen molar-refractivity contribution < 1.29 is 8.42 Å². The summed E-state index contributed by atoms with van der Waals surface area (Å²) in [6.45, 7) is 4.02. The summed E-state index contributed by atoms with van der Waals surface area (Å²) >= 11 is 13.8. The molecule has 5 heteroatoms. The predicted octanol–water partition coefficient (Wildman–Crippen LogP) is 7.10. The van der Waals surface area contributed by atoms with Crippen molar-refractivity contribution in [2.24, 2.45) is 0 Å². The maximum atomic E-state index is 12.7. The third kappa shape index (κ3) is 5.83. The molecular weight excluding hydrogens is 495 g/mol. The van der Waals surface area contributed by atoms with Gasteiger partial charge in [-0.2, -0.15) is 0 Å². The fourth-order valence-corrected chi connectivity index (χ4v) is 5.15. The van der Waals surface area contributed by atoms with Crippen LogP contribution in [0.2, 0.25) is 0 Å². The van der Waals surface area contributed by atoms with Crippen LogP contribution in [0.1, 0.15) is 48.9 Å². The minimum Gasteiger partial charge on any atom is -0.202 e. The molecule has 2 aliphatic carbocycles. The van der Waals surface area contributed by atoms with E-state index in [9.17, 15) is 8.42 Å². The smallest absolute Gasteiger partial charge is 0.202 e. The van der Waals surface area contributed by atoms with Gasteiger partial charge >= 0.3 is 0 Å². The van der Waals surface area contributed by atoms with Crippen LogP contribution in [0.4, 0.5) is 0 Å². The summed E-state index contributed by atoms with van der Waals surface area (Å²) in [4.78, 5) is -1.54. The minimum atomic E-state index is -4.00. The summed E-state index contributed by atoms with van der Waals surface area (Å²) < 4.78 is 25.5. The molecule has 2 aromatic rings. The van der Waals surface area contributed by atoms with E-state index in [2.05, 4.69) is 34.5 Å². The van der Waals surface area contributed by atoms with Crippen LogP contribution in [-0.2, 0) is 19.6 Å². The molecule has 0 spiro atoms. The molecule has 0 bridgehead atoms. The van der Waals surface area contributed by atoms with Crippen molar-refractivity contribution in [1.29, 1.82) is 0 Å². The van der Waals surface area contributed by atoms with Crippen LogP contribution in [0.3, 0.4) is 0 Å². The average molecular weight is 519 g/mol. The van der Waals surface area contributed by atoms with E-state index >= 15 is 0 Å². The van der Waals surface area contributed by atoms with Gasteiger partial charge in [0, 0.05) is 21.6 Å². The molecule has 0 heterocycles. The van der Waals surface area contributed by atoms with Gasteiger partial charge in [-0.05, 0) is 61.8 Å². The maximum absolute atomic E-state index is 12.7. The van der Waals surface area contributed by atoms with Gasteiger partial charge in [0.1, 0.15) is 0 Å². The fourth-order valence-electron chi connectivity index (χ4n) is 4.00. The zero-order chi connectivity index (χ0) is 25.1. The molecule has 2 nitrogen and oxygen atoms in total. The van der Waals surface area contributed by atoms with Gasteiger partial charge in [-0.3, -0.25) is 0 Å². The van der Waals surface area contributed by atoms with E-state index in [1.807, 2.05) is 74.5 Å². The van der Waals surface area contributed by atoms with Gasteiger partial charge in [-0.15, -0.1) is 23.2 Å². The van der Waals surface area contributed by atoms with E-state index in [0.29, 0.717) is 24.0 Å². The standard InChI is InChI=1S/C30H24Cl2O2S/c1-23-11-17-29(31,18-12-23)27-9-5-3-7-25(27)15-21-35(33,34)22-16-26-8-4-6-10-28(26)30(32)19-13-24(2)14-20-30/h3-14,17,19H,18,20H2,1-2H3. The van der Waals surface area contributed by atoms with E-state index < -0.39 is 19.6 Å². The van der Waals surface area contributed by atoms with Crippen LogP contribution in [0.25, 0.3) is 0 Å². The summed E-state index contributed by atoms with van der Waals surface area (Å²) in [5.41, 5.74) is 4.91. The second-order valence-corrected chi connectivity index (χ2v) is 11.5. The zero-order valence-corrected chi connectivity index (χ0v) is 21.8. The zero-order valence-electron chi connectivity index (χ0n) is 19.5. The Bertz CT molecular complexity index is 1410. The Kier molecular flexibility index (Phi) is 7.16. The van der Waals surface area contributed by atoms with Crippen molar-refractivity contribution >= 4 is 33.0 Å². The van der Waals surface area contributed by atoms with Gasteiger partial charge in [0.05, 0.1) is 9.75 Å². The SMILES string of the molecule is CC1=CCC(Cl)(c2ccccc2C#CS(=O)(=O)C#Cc2ccccc2C2(Cl)C=CC(C)=CC2)C=C1. The monoisotopic (exact) mass is 518 g/mol. The Hall–Kier alpha value is -2.95. The molecule has 2 aromatic carbocycles. The van der Waals surface area contributed by atoms with Gasteiger partial charge in [-0.25, -0.2) is 8.42 Å². The molecule has 4 rings (SSSR count). The Morgan fingerprint density at radius 1 is 0.714 bits per heavy atom. The van der Waals surface area contributed by atoms with Crippen LogP contribution in [0.15, 0.2) is 96.1 Å². The highest BCUT2D eigenvalue weighted by atomic mass is 35.5. The lowest BCUT2D eigenvalue weighted by atomic mass is 9.87. The van der Waals surface area contributed by atoms with Gasteiger partial charge in [0.25, 0.3) is 9.84 Å². The molecule has 2 unspecified atom stereocenters. The van der Waals surface area contributed by atoms with Gasteiger partial charge in [0.2, 0.25) is 0 Å². The van der Waals surface area contributed by atoms with Crippen molar-refractivity contribution in [1.82, 2.24) is 0 Å². The number of hydrogen-bond acceptors (Lipinski definition) is 2. The van der Waals surface area contributed by atoms with Crippen LogP contribution in [0, 0.1) is 22.3 Å². The number of halogens is 2.